The Kier molecular flexibility index (Phi) is 6.08. The largest absolute Gasteiger partial charge is 0.460 e. The number of carbonyl (C=O) groups excluding carboxylic acids is 1. The molecule has 0 atom stereocenters. The van der Waals surface area contributed by atoms with Crippen LogP contribution >= 0.6 is 0 Å². The third-order valence-corrected chi connectivity index (χ3v) is 4.68. The summed E-state index contributed by atoms with van der Waals surface area (Å²) in [5.74, 6) is -0.341. The first-order chi connectivity index (χ1) is 13.5. The number of piperazine rings is 1. The minimum Gasteiger partial charge on any atom is -0.460 e. The number of anilines is 2. The summed E-state index contributed by atoms with van der Waals surface area (Å²) >= 11 is 0. The van der Waals surface area contributed by atoms with Crippen molar-refractivity contribution in [2.75, 3.05) is 36.0 Å². The Morgan fingerprint density at radius 2 is 1.93 bits per heavy atom. The van der Waals surface area contributed by atoms with Crippen molar-refractivity contribution in [3.05, 3.63) is 53.5 Å². The highest BCUT2D eigenvalue weighted by Gasteiger charge is 2.22. The van der Waals surface area contributed by atoms with Gasteiger partial charge in [-0.05, 0) is 24.6 Å². The summed E-state index contributed by atoms with van der Waals surface area (Å²) in [7, 11) is 0. The molecule has 148 valence electrons. The van der Waals surface area contributed by atoms with E-state index < -0.39 is 5.97 Å². The van der Waals surface area contributed by atoms with Crippen LogP contribution in [0.2, 0.25) is 0 Å². The normalized spacial score (nSPS) is 14.1. The number of amidine groups is 1. The summed E-state index contributed by atoms with van der Waals surface area (Å²) < 4.78 is 19.9. The Balaban J connectivity index is 1.64. The van der Waals surface area contributed by atoms with Crippen LogP contribution in [-0.2, 0) is 16.1 Å². The number of nitrogens with two attached hydrogens (primary N) is 1. The summed E-state index contributed by atoms with van der Waals surface area (Å²) in [4.78, 5) is 20.2. The third-order valence-electron chi connectivity index (χ3n) is 4.68. The van der Waals surface area contributed by atoms with Gasteiger partial charge in [0.2, 0.25) is 0 Å². The second-order valence-electron chi connectivity index (χ2n) is 6.73. The number of nitrogens with zero attached hydrogens (tertiary/aromatic N) is 3. The van der Waals surface area contributed by atoms with Gasteiger partial charge < -0.3 is 20.3 Å². The molecule has 0 bridgehead atoms. The van der Waals surface area contributed by atoms with E-state index in [-0.39, 0.29) is 24.7 Å². The molecule has 1 saturated heterocycles. The maximum atomic E-state index is 14.9. The second-order valence-corrected chi connectivity index (χ2v) is 6.73. The summed E-state index contributed by atoms with van der Waals surface area (Å²) in [5, 5.41) is 7.10. The van der Waals surface area contributed by atoms with Crippen molar-refractivity contribution >= 4 is 23.3 Å². The number of aromatic nitrogens is 1. The fraction of sp³-hybridized carbons (Fsp3) is 0.350. The van der Waals surface area contributed by atoms with E-state index in [2.05, 4.69) is 9.88 Å². The fourth-order valence-corrected chi connectivity index (χ4v) is 3.25. The van der Waals surface area contributed by atoms with E-state index in [0.717, 1.165) is 24.5 Å². The van der Waals surface area contributed by atoms with Crippen LogP contribution < -0.4 is 15.5 Å². The molecule has 1 aromatic heterocycles. The molecule has 1 fully saturated rings. The first kappa shape index (κ1) is 19.6. The van der Waals surface area contributed by atoms with E-state index >= 15 is 0 Å². The molecule has 1 aromatic carbocycles. The summed E-state index contributed by atoms with van der Waals surface area (Å²) in [6.07, 6.45) is 1.49. The maximum Gasteiger partial charge on any atom is 0.313 e. The van der Waals surface area contributed by atoms with Crippen molar-refractivity contribution in [1.29, 1.82) is 5.41 Å². The number of aryl methyl sites for hydroxylation is 1. The minimum atomic E-state index is -0.642. The molecule has 28 heavy (non-hydrogen) atoms. The van der Waals surface area contributed by atoms with Crippen LogP contribution in [0.5, 0.6) is 0 Å². The number of carbonyl (C=O) groups is 1. The highest BCUT2D eigenvalue weighted by atomic mass is 19.1. The van der Waals surface area contributed by atoms with E-state index in [9.17, 15) is 9.18 Å². The van der Waals surface area contributed by atoms with E-state index in [1.165, 1.54) is 0 Å². The van der Waals surface area contributed by atoms with E-state index in [1.54, 1.807) is 24.4 Å². The van der Waals surface area contributed by atoms with Gasteiger partial charge in [0.1, 0.15) is 24.7 Å². The van der Waals surface area contributed by atoms with Crippen LogP contribution in [0.15, 0.2) is 36.5 Å². The number of halogens is 1. The predicted octanol–water partition coefficient (Wildman–Crippen LogP) is 2.22. The van der Waals surface area contributed by atoms with Gasteiger partial charge in [0.15, 0.2) is 5.82 Å². The zero-order chi connectivity index (χ0) is 20.1. The van der Waals surface area contributed by atoms with Crippen LogP contribution in [0.3, 0.4) is 0 Å². The standard InChI is InChI=1S/C20H24FN5O2/c1-14-4-3-7-24-20(14)26-10-8-25(9-11-26)16-6-2-5-15(19(16)21)13-28-18(27)12-17(22)23/h2-7H,8-13H2,1H3,(H3,22,23). The molecule has 0 spiro atoms. The van der Waals surface area contributed by atoms with Crippen LogP contribution in [0.25, 0.3) is 0 Å². The van der Waals surface area contributed by atoms with Gasteiger partial charge >= 0.3 is 5.97 Å². The number of rotatable bonds is 6. The molecule has 0 radical (unpaired) electrons. The van der Waals surface area contributed by atoms with Gasteiger partial charge in [-0.25, -0.2) is 9.37 Å². The smallest absolute Gasteiger partial charge is 0.313 e. The molecule has 0 aliphatic carbocycles. The van der Waals surface area contributed by atoms with Crippen molar-refractivity contribution in [1.82, 2.24) is 4.98 Å². The summed E-state index contributed by atoms with van der Waals surface area (Å²) in [5.41, 5.74) is 7.09. The number of hydrogen-bond acceptors (Lipinski definition) is 6. The molecule has 2 heterocycles. The molecule has 0 amide bonds. The number of benzene rings is 1. The van der Waals surface area contributed by atoms with Gasteiger partial charge in [-0.3, -0.25) is 10.2 Å². The molecular weight excluding hydrogens is 361 g/mol. The molecular formula is C20H24FN5O2. The summed E-state index contributed by atoms with van der Waals surface area (Å²) in [6, 6.07) is 9.03. The topological polar surface area (TPSA) is 95.5 Å². The average molecular weight is 385 g/mol. The number of ether oxygens (including phenoxy) is 1. The van der Waals surface area contributed by atoms with Gasteiger partial charge in [-0.2, -0.15) is 0 Å². The lowest BCUT2D eigenvalue weighted by Gasteiger charge is -2.37. The first-order valence-corrected chi connectivity index (χ1v) is 9.13. The van der Waals surface area contributed by atoms with Crippen molar-refractivity contribution in [3.63, 3.8) is 0 Å². The van der Waals surface area contributed by atoms with E-state index in [4.69, 9.17) is 15.9 Å². The first-order valence-electron chi connectivity index (χ1n) is 9.13. The second kappa shape index (κ2) is 8.69. The molecule has 0 saturated carbocycles. The molecule has 1 aliphatic rings. The van der Waals surface area contributed by atoms with Gasteiger partial charge in [-0.1, -0.05) is 18.2 Å². The van der Waals surface area contributed by atoms with Crippen molar-refractivity contribution in [2.45, 2.75) is 20.0 Å². The predicted molar refractivity (Wildman–Crippen MR) is 106 cm³/mol. The van der Waals surface area contributed by atoms with Crippen molar-refractivity contribution < 1.29 is 13.9 Å². The van der Waals surface area contributed by atoms with E-state index in [0.29, 0.717) is 24.3 Å². The summed E-state index contributed by atoms with van der Waals surface area (Å²) in [6.45, 7) is 4.68. The van der Waals surface area contributed by atoms with Crippen LogP contribution in [0.1, 0.15) is 17.5 Å². The number of pyridine rings is 1. The maximum absolute atomic E-state index is 14.9. The Morgan fingerprint density at radius 3 is 2.61 bits per heavy atom. The third kappa shape index (κ3) is 4.57. The molecule has 7 nitrogen and oxygen atoms in total. The lowest BCUT2D eigenvalue weighted by molar-refractivity contribution is -0.143. The number of hydrogen-bond donors (Lipinski definition) is 2. The molecule has 1 aliphatic heterocycles. The van der Waals surface area contributed by atoms with Crippen LogP contribution in [0.4, 0.5) is 15.9 Å². The van der Waals surface area contributed by atoms with Crippen molar-refractivity contribution in [2.24, 2.45) is 5.73 Å². The van der Waals surface area contributed by atoms with Crippen molar-refractivity contribution in [3.8, 4) is 0 Å². The van der Waals surface area contributed by atoms with Gasteiger partial charge in [0.05, 0.1) is 5.69 Å². The number of nitrogens with one attached hydrogen (secondary N) is 1. The lowest BCUT2D eigenvalue weighted by Crippen LogP contribution is -2.47. The lowest BCUT2D eigenvalue weighted by atomic mass is 10.1. The Morgan fingerprint density at radius 1 is 1.21 bits per heavy atom. The van der Waals surface area contributed by atoms with Gasteiger partial charge in [0, 0.05) is 37.9 Å². The molecule has 2 aromatic rings. The van der Waals surface area contributed by atoms with Crippen LogP contribution in [-0.4, -0.2) is 43.0 Å². The number of esters is 1. The van der Waals surface area contributed by atoms with E-state index in [1.807, 2.05) is 24.0 Å². The fourth-order valence-electron chi connectivity index (χ4n) is 3.25. The Bertz CT molecular complexity index is 865. The molecule has 3 rings (SSSR count). The Hall–Kier alpha value is -3.16. The van der Waals surface area contributed by atoms with Gasteiger partial charge in [0.25, 0.3) is 0 Å². The monoisotopic (exact) mass is 385 g/mol. The zero-order valence-electron chi connectivity index (χ0n) is 15.8. The Labute approximate surface area is 163 Å². The van der Waals surface area contributed by atoms with Crippen LogP contribution in [0, 0.1) is 18.2 Å². The quantitative estimate of drug-likeness (QED) is 0.450. The highest BCUT2D eigenvalue weighted by molar-refractivity contribution is 5.94. The minimum absolute atomic E-state index is 0.182. The highest BCUT2D eigenvalue weighted by Crippen LogP contribution is 2.26. The SMILES string of the molecule is Cc1cccnc1N1CCN(c2cccc(COC(=O)CC(=N)N)c2F)CC1. The van der Waals surface area contributed by atoms with Gasteiger partial charge in [-0.15, -0.1) is 0 Å². The zero-order valence-corrected chi connectivity index (χ0v) is 15.8. The molecule has 0 unspecified atom stereocenters. The average Bonchev–Trinajstić information content (AvgIpc) is 2.67. The molecule has 3 N–H and O–H groups in total. The molecule has 8 heteroatoms.